The molecule has 0 aliphatic heterocycles. The van der Waals surface area contributed by atoms with Gasteiger partial charge in [0.25, 0.3) is 0 Å². The average molecular weight is 467 g/mol. The fourth-order valence-corrected chi connectivity index (χ4v) is 2.93. The number of nitrogens with zero attached hydrogens (tertiary/aromatic N) is 5. The molecule has 0 amide bonds. The average Bonchev–Trinajstić information content (AvgIpc) is 2.81. The Labute approximate surface area is 191 Å². The van der Waals surface area contributed by atoms with Crippen LogP contribution < -0.4 is 10.7 Å². The second-order valence-corrected chi connectivity index (χ2v) is 7.10. The van der Waals surface area contributed by atoms with Gasteiger partial charge in [-0.1, -0.05) is 12.1 Å². The SMILES string of the molecule is Cc1cccc(-c2nc(N/N=C/c3ccc(Nc4cccc(C(F)(F)F)c4)cn3)ncc2F)n1. The first-order valence-electron chi connectivity index (χ1n) is 9.94. The van der Waals surface area contributed by atoms with Gasteiger partial charge in [-0.25, -0.2) is 19.8 Å². The van der Waals surface area contributed by atoms with E-state index in [1.54, 1.807) is 37.3 Å². The number of halogens is 4. The standard InChI is InChI=1S/C23H17F4N7/c1-14-4-2-7-20(31-14)21-19(24)13-29-22(33-21)34-30-12-17-8-9-18(11-28-17)32-16-6-3-5-15(10-16)23(25,26)27/h2-13,32H,1H3,(H,29,33,34)/b30-12+. The molecular formula is C23H17F4N7. The van der Waals surface area contributed by atoms with Crippen LogP contribution in [-0.2, 0) is 6.18 Å². The smallest absolute Gasteiger partial charge is 0.354 e. The number of hydrogen-bond donors (Lipinski definition) is 2. The lowest BCUT2D eigenvalue weighted by molar-refractivity contribution is -0.137. The lowest BCUT2D eigenvalue weighted by atomic mass is 10.2. The van der Waals surface area contributed by atoms with E-state index in [9.17, 15) is 17.6 Å². The summed E-state index contributed by atoms with van der Waals surface area (Å²) >= 11 is 0. The molecule has 0 saturated heterocycles. The van der Waals surface area contributed by atoms with Crippen LogP contribution in [0.1, 0.15) is 17.0 Å². The van der Waals surface area contributed by atoms with E-state index < -0.39 is 17.6 Å². The molecule has 0 aliphatic rings. The lowest BCUT2D eigenvalue weighted by Gasteiger charge is -2.10. The molecule has 3 heterocycles. The van der Waals surface area contributed by atoms with E-state index in [0.717, 1.165) is 24.0 Å². The second kappa shape index (κ2) is 9.61. The number of aromatic nitrogens is 4. The van der Waals surface area contributed by atoms with Crippen LogP contribution in [0.5, 0.6) is 0 Å². The molecule has 3 aromatic heterocycles. The Kier molecular flexibility index (Phi) is 6.44. The third-order valence-electron chi connectivity index (χ3n) is 4.50. The highest BCUT2D eigenvalue weighted by Gasteiger charge is 2.30. The minimum atomic E-state index is -4.42. The third-order valence-corrected chi connectivity index (χ3v) is 4.50. The van der Waals surface area contributed by atoms with Crippen LogP contribution in [0.3, 0.4) is 0 Å². The topological polar surface area (TPSA) is 88.0 Å². The number of hydrogen-bond acceptors (Lipinski definition) is 7. The molecule has 4 rings (SSSR count). The number of alkyl halides is 3. The minimum absolute atomic E-state index is 0.0412. The molecule has 34 heavy (non-hydrogen) atoms. The van der Waals surface area contributed by atoms with E-state index in [0.29, 0.717) is 17.1 Å². The first-order chi connectivity index (χ1) is 16.3. The molecule has 0 bridgehead atoms. The van der Waals surface area contributed by atoms with Gasteiger partial charge in [0.2, 0.25) is 5.95 Å². The first-order valence-corrected chi connectivity index (χ1v) is 9.94. The predicted molar refractivity (Wildman–Crippen MR) is 120 cm³/mol. The van der Waals surface area contributed by atoms with Crippen molar-refractivity contribution in [3.05, 3.63) is 89.8 Å². The highest BCUT2D eigenvalue weighted by Crippen LogP contribution is 2.31. The largest absolute Gasteiger partial charge is 0.416 e. The number of anilines is 3. The van der Waals surface area contributed by atoms with Gasteiger partial charge in [0.1, 0.15) is 5.69 Å². The Balaban J connectivity index is 1.41. The van der Waals surface area contributed by atoms with Gasteiger partial charge in [-0.3, -0.25) is 9.97 Å². The molecule has 11 heteroatoms. The van der Waals surface area contributed by atoms with E-state index in [-0.39, 0.29) is 17.3 Å². The number of hydrazone groups is 1. The molecule has 0 radical (unpaired) electrons. The zero-order valence-corrected chi connectivity index (χ0v) is 17.7. The van der Waals surface area contributed by atoms with Crippen molar-refractivity contribution in [3.63, 3.8) is 0 Å². The molecule has 0 spiro atoms. The number of aryl methyl sites for hydroxylation is 1. The molecule has 4 aromatic rings. The molecular weight excluding hydrogens is 450 g/mol. The predicted octanol–water partition coefficient (Wildman–Crippen LogP) is 5.59. The molecule has 172 valence electrons. The Morgan fingerprint density at radius 3 is 2.47 bits per heavy atom. The Morgan fingerprint density at radius 2 is 1.74 bits per heavy atom. The first kappa shape index (κ1) is 22.8. The van der Waals surface area contributed by atoms with Gasteiger partial charge >= 0.3 is 6.18 Å². The van der Waals surface area contributed by atoms with Crippen LogP contribution in [-0.4, -0.2) is 26.2 Å². The summed E-state index contributed by atoms with van der Waals surface area (Å²) in [5.74, 6) is -0.544. The Hall–Kier alpha value is -4.41. The van der Waals surface area contributed by atoms with Crippen molar-refractivity contribution in [2.24, 2.45) is 5.10 Å². The van der Waals surface area contributed by atoms with Crippen LogP contribution in [0, 0.1) is 12.7 Å². The van der Waals surface area contributed by atoms with E-state index >= 15 is 0 Å². The van der Waals surface area contributed by atoms with Crippen molar-refractivity contribution in [1.29, 1.82) is 0 Å². The van der Waals surface area contributed by atoms with Crippen molar-refractivity contribution in [2.45, 2.75) is 13.1 Å². The molecule has 1 aromatic carbocycles. The number of benzene rings is 1. The molecule has 2 N–H and O–H groups in total. The minimum Gasteiger partial charge on any atom is -0.354 e. The molecule has 0 atom stereocenters. The second-order valence-electron chi connectivity index (χ2n) is 7.10. The maximum atomic E-state index is 14.1. The van der Waals surface area contributed by atoms with Crippen molar-refractivity contribution >= 4 is 23.5 Å². The van der Waals surface area contributed by atoms with Crippen LogP contribution in [0.4, 0.5) is 34.9 Å². The molecule has 0 unspecified atom stereocenters. The van der Waals surface area contributed by atoms with E-state index in [2.05, 4.69) is 35.8 Å². The highest BCUT2D eigenvalue weighted by molar-refractivity contribution is 5.78. The van der Waals surface area contributed by atoms with Crippen molar-refractivity contribution in [1.82, 2.24) is 19.9 Å². The lowest BCUT2D eigenvalue weighted by Crippen LogP contribution is -2.05. The number of nitrogens with one attached hydrogen (secondary N) is 2. The Bertz CT molecular complexity index is 1320. The van der Waals surface area contributed by atoms with Gasteiger partial charge in [-0.15, -0.1) is 0 Å². The van der Waals surface area contributed by atoms with Crippen LogP contribution in [0.25, 0.3) is 11.4 Å². The third kappa shape index (κ3) is 5.68. The summed E-state index contributed by atoms with van der Waals surface area (Å²) in [6.07, 6.45) is -0.547. The summed E-state index contributed by atoms with van der Waals surface area (Å²) in [6, 6.07) is 13.3. The summed E-state index contributed by atoms with van der Waals surface area (Å²) in [5, 5.41) is 6.87. The van der Waals surface area contributed by atoms with Gasteiger partial charge in [0, 0.05) is 11.4 Å². The summed E-state index contributed by atoms with van der Waals surface area (Å²) in [5.41, 5.74) is 4.25. The number of pyridine rings is 2. The maximum Gasteiger partial charge on any atom is 0.416 e. The van der Waals surface area contributed by atoms with E-state index in [1.807, 2.05) is 0 Å². The molecule has 0 aliphatic carbocycles. The van der Waals surface area contributed by atoms with Crippen LogP contribution in [0.2, 0.25) is 0 Å². The quantitative estimate of drug-likeness (QED) is 0.218. The van der Waals surface area contributed by atoms with Gasteiger partial charge < -0.3 is 5.32 Å². The number of rotatable bonds is 6. The van der Waals surface area contributed by atoms with Crippen LogP contribution in [0.15, 0.2) is 72.1 Å². The van der Waals surface area contributed by atoms with Gasteiger partial charge in [0.05, 0.1) is 41.2 Å². The molecule has 0 saturated carbocycles. The Morgan fingerprint density at radius 1 is 0.912 bits per heavy atom. The summed E-state index contributed by atoms with van der Waals surface area (Å²) < 4.78 is 52.7. The van der Waals surface area contributed by atoms with E-state index in [4.69, 9.17) is 0 Å². The normalized spacial score (nSPS) is 11.6. The van der Waals surface area contributed by atoms with Gasteiger partial charge in [0.15, 0.2) is 5.82 Å². The monoisotopic (exact) mass is 467 g/mol. The van der Waals surface area contributed by atoms with Crippen molar-refractivity contribution < 1.29 is 17.6 Å². The van der Waals surface area contributed by atoms with Gasteiger partial charge in [-0.05, 0) is 49.4 Å². The van der Waals surface area contributed by atoms with Crippen molar-refractivity contribution in [2.75, 3.05) is 10.7 Å². The highest BCUT2D eigenvalue weighted by atomic mass is 19.4. The molecule has 0 fully saturated rings. The zero-order valence-electron chi connectivity index (χ0n) is 17.7. The zero-order chi connectivity index (χ0) is 24.1. The molecule has 7 nitrogen and oxygen atoms in total. The van der Waals surface area contributed by atoms with Crippen molar-refractivity contribution in [3.8, 4) is 11.4 Å². The summed E-state index contributed by atoms with van der Waals surface area (Å²) in [4.78, 5) is 16.4. The summed E-state index contributed by atoms with van der Waals surface area (Å²) in [6.45, 7) is 1.79. The van der Waals surface area contributed by atoms with E-state index in [1.165, 1.54) is 24.5 Å². The maximum absolute atomic E-state index is 14.1. The fraction of sp³-hybridized carbons (Fsp3) is 0.0870. The fourth-order valence-electron chi connectivity index (χ4n) is 2.93. The summed E-state index contributed by atoms with van der Waals surface area (Å²) in [7, 11) is 0. The van der Waals surface area contributed by atoms with Crippen LogP contribution >= 0.6 is 0 Å². The van der Waals surface area contributed by atoms with Gasteiger partial charge in [-0.2, -0.15) is 18.3 Å².